The molecule has 6 rings (SSSR count). The zero-order valence-electron chi connectivity index (χ0n) is 23.0. The second kappa shape index (κ2) is 12.6. The fourth-order valence-corrected chi connectivity index (χ4v) is 7.10. The number of thiophene rings is 1. The van der Waals surface area contributed by atoms with Crippen LogP contribution in [0.1, 0.15) is 32.1 Å². The third-order valence-electron chi connectivity index (χ3n) is 7.39. The second-order valence-corrected chi connectivity index (χ2v) is 12.5. The van der Waals surface area contributed by atoms with Gasteiger partial charge in [-0.3, -0.25) is 9.59 Å². The Morgan fingerprint density at radius 3 is 2.50 bits per heavy atom. The Balaban J connectivity index is 1.34. The van der Waals surface area contributed by atoms with E-state index in [4.69, 9.17) is 5.26 Å². The number of nitriles is 1. The van der Waals surface area contributed by atoms with E-state index in [0.29, 0.717) is 23.5 Å². The molecule has 2 amide bonds. The molecule has 0 aliphatic carbocycles. The van der Waals surface area contributed by atoms with Gasteiger partial charge in [-0.1, -0.05) is 48.5 Å². The fourth-order valence-electron chi connectivity index (χ4n) is 5.15. The molecule has 0 saturated carbocycles. The van der Waals surface area contributed by atoms with Gasteiger partial charge < -0.3 is 14.4 Å². The predicted octanol–water partition coefficient (Wildman–Crippen LogP) is 5.98. The average molecular weight is 592 g/mol. The van der Waals surface area contributed by atoms with E-state index in [1.807, 2.05) is 92.9 Å². The van der Waals surface area contributed by atoms with E-state index in [0.717, 1.165) is 57.2 Å². The first-order chi connectivity index (χ1) is 20.6. The third kappa shape index (κ3) is 6.10. The van der Waals surface area contributed by atoms with E-state index < -0.39 is 0 Å². The van der Waals surface area contributed by atoms with Crippen molar-refractivity contribution in [1.29, 1.82) is 5.26 Å². The largest absolute Gasteiger partial charge is 0.336 e. The van der Waals surface area contributed by atoms with Gasteiger partial charge in [0.1, 0.15) is 0 Å². The zero-order valence-corrected chi connectivity index (χ0v) is 24.6. The number of imidazole rings is 1. The normalized spacial score (nSPS) is 13.2. The molecule has 3 heterocycles. The van der Waals surface area contributed by atoms with Gasteiger partial charge in [-0.15, -0.1) is 11.3 Å². The summed E-state index contributed by atoms with van der Waals surface area (Å²) >= 11 is 3.36. The molecule has 1 aliphatic rings. The Morgan fingerprint density at radius 2 is 1.74 bits per heavy atom. The van der Waals surface area contributed by atoms with Gasteiger partial charge >= 0.3 is 0 Å². The molecule has 42 heavy (non-hydrogen) atoms. The van der Waals surface area contributed by atoms with Crippen LogP contribution < -0.4 is 4.90 Å². The number of carbonyl (C=O) groups is 2. The molecule has 3 aromatic carbocycles. The lowest BCUT2D eigenvalue weighted by Gasteiger charge is -2.25. The molecule has 0 radical (unpaired) electrons. The molecular weight excluding hydrogens is 563 g/mol. The highest BCUT2D eigenvalue weighted by Crippen LogP contribution is 2.35. The molecule has 1 saturated heterocycles. The van der Waals surface area contributed by atoms with Crippen molar-refractivity contribution in [2.75, 3.05) is 29.5 Å². The number of benzene rings is 3. The van der Waals surface area contributed by atoms with Crippen LogP contribution in [0.25, 0.3) is 10.1 Å². The van der Waals surface area contributed by atoms with Crippen LogP contribution in [-0.4, -0.2) is 50.9 Å². The number of carbonyl (C=O) groups excluding carboxylic acids is 2. The first-order valence-electron chi connectivity index (χ1n) is 13.8. The first kappa shape index (κ1) is 27.8. The molecule has 0 spiro atoms. The second-order valence-electron chi connectivity index (χ2n) is 10.2. The summed E-state index contributed by atoms with van der Waals surface area (Å²) in [6.07, 6.45) is 3.82. The summed E-state index contributed by atoms with van der Waals surface area (Å²) in [4.78, 5) is 36.2. The molecule has 0 unspecified atom stereocenters. The summed E-state index contributed by atoms with van der Waals surface area (Å²) < 4.78 is 3.01. The number of hydrogen-bond acceptors (Lipinski definition) is 6. The van der Waals surface area contributed by atoms with Crippen LogP contribution in [0.3, 0.4) is 0 Å². The summed E-state index contributed by atoms with van der Waals surface area (Å²) in [7, 11) is 0. The van der Waals surface area contributed by atoms with Crippen molar-refractivity contribution < 1.29 is 9.59 Å². The van der Waals surface area contributed by atoms with E-state index in [1.54, 1.807) is 24.7 Å². The highest BCUT2D eigenvalue weighted by Gasteiger charge is 2.24. The number of thioether (sulfide) groups is 1. The first-order valence-corrected chi connectivity index (χ1v) is 15.8. The van der Waals surface area contributed by atoms with Crippen LogP contribution in [0, 0.1) is 11.3 Å². The molecule has 5 aromatic rings. The number of fused-ring (bicyclic) bond motifs is 1. The van der Waals surface area contributed by atoms with Gasteiger partial charge in [0.25, 0.3) is 5.91 Å². The van der Waals surface area contributed by atoms with Crippen molar-refractivity contribution in [3.8, 4) is 6.07 Å². The van der Waals surface area contributed by atoms with Gasteiger partial charge in [0, 0.05) is 47.4 Å². The third-order valence-corrected chi connectivity index (χ3v) is 9.42. The highest BCUT2D eigenvalue weighted by molar-refractivity contribution is 7.99. The molecule has 0 atom stereocenters. The number of anilines is 1. The molecule has 0 N–H and O–H groups in total. The Bertz CT molecular complexity index is 1750. The quantitative estimate of drug-likeness (QED) is 0.222. The van der Waals surface area contributed by atoms with E-state index in [-0.39, 0.29) is 18.2 Å². The van der Waals surface area contributed by atoms with E-state index >= 15 is 0 Å². The Morgan fingerprint density at radius 1 is 0.952 bits per heavy atom. The predicted molar refractivity (Wildman–Crippen MR) is 169 cm³/mol. The molecule has 1 fully saturated rings. The number of aromatic nitrogens is 2. The van der Waals surface area contributed by atoms with E-state index in [1.165, 1.54) is 11.3 Å². The van der Waals surface area contributed by atoms with Crippen LogP contribution in [0.2, 0.25) is 0 Å². The van der Waals surface area contributed by atoms with Gasteiger partial charge in [0.15, 0.2) is 0 Å². The molecule has 9 heteroatoms. The topological polar surface area (TPSA) is 82.2 Å². The summed E-state index contributed by atoms with van der Waals surface area (Å²) in [6, 6.07) is 27.3. The van der Waals surface area contributed by atoms with Crippen LogP contribution in [0.15, 0.2) is 91.4 Å². The Kier molecular flexibility index (Phi) is 8.35. The zero-order chi connectivity index (χ0) is 28.9. The van der Waals surface area contributed by atoms with Crippen molar-refractivity contribution in [2.45, 2.75) is 19.5 Å². The van der Waals surface area contributed by atoms with Crippen molar-refractivity contribution in [1.82, 2.24) is 14.5 Å². The monoisotopic (exact) mass is 591 g/mol. The molecule has 0 bridgehead atoms. The van der Waals surface area contributed by atoms with Crippen molar-refractivity contribution in [3.05, 3.63) is 119 Å². The van der Waals surface area contributed by atoms with E-state index in [9.17, 15) is 9.59 Å². The Labute approximate surface area is 253 Å². The van der Waals surface area contributed by atoms with Gasteiger partial charge in [-0.2, -0.15) is 17.0 Å². The Hall–Kier alpha value is -4.39. The minimum Gasteiger partial charge on any atom is -0.336 e. The van der Waals surface area contributed by atoms with Gasteiger partial charge in [0.2, 0.25) is 5.91 Å². The minimum atomic E-state index is -0.0352. The van der Waals surface area contributed by atoms with Crippen molar-refractivity contribution >= 4 is 50.7 Å². The van der Waals surface area contributed by atoms with E-state index in [2.05, 4.69) is 11.1 Å². The highest BCUT2D eigenvalue weighted by atomic mass is 32.2. The van der Waals surface area contributed by atoms with Gasteiger partial charge in [-0.05, 0) is 41.5 Å². The number of rotatable bonds is 8. The maximum Gasteiger partial charge on any atom is 0.264 e. The molecule has 210 valence electrons. The summed E-state index contributed by atoms with van der Waals surface area (Å²) in [5.41, 5.74) is 4.26. The van der Waals surface area contributed by atoms with Crippen LogP contribution in [-0.2, 0) is 24.3 Å². The summed E-state index contributed by atoms with van der Waals surface area (Å²) in [5, 5.41) is 10.0. The number of nitrogens with zero attached hydrogens (tertiary/aromatic N) is 5. The van der Waals surface area contributed by atoms with Crippen molar-refractivity contribution in [3.63, 3.8) is 0 Å². The van der Waals surface area contributed by atoms with Crippen LogP contribution in [0.5, 0.6) is 0 Å². The lowest BCUT2D eigenvalue weighted by Crippen LogP contribution is -2.37. The standard InChI is InChI=1S/C33H29N5O2S2/c34-19-25-9-11-26(12-10-25)21-37-23-35-20-27(37)22-38(32(39)17-24-5-2-1-3-6-24)29-7-4-8-30-28(29)18-31(42-30)33(40)36-13-15-41-16-14-36/h1-12,18,20,23H,13-17,21-22H2. The summed E-state index contributed by atoms with van der Waals surface area (Å²) in [6.45, 7) is 2.41. The van der Waals surface area contributed by atoms with Crippen LogP contribution >= 0.6 is 23.1 Å². The minimum absolute atomic E-state index is 0.0352. The maximum absolute atomic E-state index is 14.0. The molecule has 1 aliphatic heterocycles. The van der Waals surface area contributed by atoms with Gasteiger partial charge in [-0.25, -0.2) is 4.98 Å². The lowest BCUT2D eigenvalue weighted by molar-refractivity contribution is -0.118. The fraction of sp³-hybridized carbons (Fsp3) is 0.212. The van der Waals surface area contributed by atoms with Crippen LogP contribution in [0.4, 0.5) is 5.69 Å². The maximum atomic E-state index is 14.0. The SMILES string of the molecule is N#Cc1ccc(Cn2cncc2CN(C(=O)Cc2ccccc2)c2cccc3sc(C(=O)N4CCSCC4)cc23)cc1. The average Bonchev–Trinajstić information content (AvgIpc) is 3.67. The smallest absolute Gasteiger partial charge is 0.264 e. The number of hydrogen-bond donors (Lipinski definition) is 0. The molecular formula is C33H29N5O2S2. The van der Waals surface area contributed by atoms with Gasteiger partial charge in [0.05, 0.1) is 47.2 Å². The van der Waals surface area contributed by atoms with Crippen molar-refractivity contribution in [2.24, 2.45) is 0 Å². The lowest BCUT2D eigenvalue weighted by atomic mass is 10.1. The number of amides is 2. The molecule has 2 aromatic heterocycles. The summed E-state index contributed by atoms with van der Waals surface area (Å²) in [5.74, 6) is 1.94. The molecule has 7 nitrogen and oxygen atoms in total.